The number of nitrogens with zero attached hydrogens (tertiary/aromatic N) is 5. The van der Waals surface area contributed by atoms with Crippen molar-refractivity contribution in [2.75, 3.05) is 6.61 Å². The molecule has 8 heteroatoms. The Morgan fingerprint density at radius 1 is 1.17 bits per heavy atom. The van der Waals surface area contributed by atoms with E-state index in [1.165, 1.54) is 6.33 Å². The minimum absolute atomic E-state index is 0.176. The van der Waals surface area contributed by atoms with Gasteiger partial charge >= 0.3 is 0 Å². The molecule has 0 fully saturated rings. The molecule has 0 aliphatic carbocycles. The first-order valence-electron chi connectivity index (χ1n) is 7.25. The van der Waals surface area contributed by atoms with E-state index in [0.717, 1.165) is 5.82 Å². The Morgan fingerprint density at radius 2 is 1.96 bits per heavy atom. The van der Waals surface area contributed by atoms with Crippen molar-refractivity contribution >= 4 is 0 Å². The van der Waals surface area contributed by atoms with E-state index in [1.807, 2.05) is 38.2 Å². The van der Waals surface area contributed by atoms with Gasteiger partial charge in [0.05, 0.1) is 13.0 Å². The Bertz CT molecular complexity index is 768. The zero-order chi connectivity index (χ0) is 16.1. The fourth-order valence-corrected chi connectivity index (χ4v) is 2.03. The fraction of sp³-hybridized carbons (Fsp3) is 0.333. The molecule has 0 bridgehead atoms. The van der Waals surface area contributed by atoms with Gasteiger partial charge in [0.15, 0.2) is 23.9 Å². The lowest BCUT2D eigenvalue weighted by Crippen LogP contribution is -2.02. The highest BCUT2D eigenvalue weighted by Gasteiger charge is 2.12. The largest absolute Gasteiger partial charge is 0.490 e. The van der Waals surface area contributed by atoms with Gasteiger partial charge in [0.2, 0.25) is 0 Å². The third-order valence-corrected chi connectivity index (χ3v) is 3.13. The van der Waals surface area contributed by atoms with Crippen LogP contribution in [0.15, 0.2) is 35.1 Å². The van der Waals surface area contributed by atoms with E-state index >= 15 is 0 Å². The van der Waals surface area contributed by atoms with Crippen LogP contribution in [0, 0.1) is 0 Å². The molecule has 0 N–H and O–H groups in total. The van der Waals surface area contributed by atoms with Crippen LogP contribution in [0.1, 0.15) is 24.5 Å². The zero-order valence-electron chi connectivity index (χ0n) is 13.0. The van der Waals surface area contributed by atoms with Crippen LogP contribution in [-0.2, 0) is 20.1 Å². The third-order valence-electron chi connectivity index (χ3n) is 3.13. The molecule has 2 aromatic heterocycles. The second kappa shape index (κ2) is 6.91. The summed E-state index contributed by atoms with van der Waals surface area (Å²) in [5.41, 5.74) is 0. The monoisotopic (exact) mass is 315 g/mol. The van der Waals surface area contributed by atoms with Gasteiger partial charge in [0.25, 0.3) is 5.89 Å². The fourth-order valence-electron chi connectivity index (χ4n) is 2.03. The van der Waals surface area contributed by atoms with Gasteiger partial charge in [0.1, 0.15) is 12.2 Å². The lowest BCUT2D eigenvalue weighted by Gasteiger charge is -2.09. The van der Waals surface area contributed by atoms with Crippen LogP contribution in [0.5, 0.6) is 11.5 Å². The van der Waals surface area contributed by atoms with E-state index in [0.29, 0.717) is 36.2 Å². The SMILES string of the molecule is CCOc1ccccc1OCc1nc(Cc2ncnn2C)no1. The van der Waals surface area contributed by atoms with E-state index in [2.05, 4.69) is 20.2 Å². The maximum atomic E-state index is 5.69. The predicted octanol–water partition coefficient (Wildman–Crippen LogP) is 1.77. The molecule has 0 spiro atoms. The molecule has 0 amide bonds. The second-order valence-corrected chi connectivity index (χ2v) is 4.75. The van der Waals surface area contributed by atoms with Crippen LogP contribution in [0.25, 0.3) is 0 Å². The van der Waals surface area contributed by atoms with Gasteiger partial charge in [-0.2, -0.15) is 10.1 Å². The molecule has 1 aromatic carbocycles. The van der Waals surface area contributed by atoms with Gasteiger partial charge in [-0.25, -0.2) is 4.98 Å². The van der Waals surface area contributed by atoms with Gasteiger partial charge in [-0.15, -0.1) is 0 Å². The van der Waals surface area contributed by atoms with Crippen molar-refractivity contribution < 1.29 is 14.0 Å². The summed E-state index contributed by atoms with van der Waals surface area (Å²) in [6.45, 7) is 2.67. The number of rotatable bonds is 7. The molecule has 0 saturated carbocycles. The van der Waals surface area contributed by atoms with Crippen molar-refractivity contribution in [1.29, 1.82) is 0 Å². The summed E-state index contributed by atoms with van der Waals surface area (Å²) in [6, 6.07) is 7.46. The Hall–Kier alpha value is -2.90. The first kappa shape index (κ1) is 15.0. The molecule has 8 nitrogen and oxygen atoms in total. The summed E-state index contributed by atoms with van der Waals surface area (Å²) in [7, 11) is 1.82. The summed E-state index contributed by atoms with van der Waals surface area (Å²) in [5, 5.41) is 7.93. The number of benzene rings is 1. The molecular formula is C15H17N5O3. The summed E-state index contributed by atoms with van der Waals surface area (Å²) in [4.78, 5) is 8.42. The molecule has 0 aliphatic heterocycles. The van der Waals surface area contributed by atoms with Gasteiger partial charge < -0.3 is 14.0 Å². The summed E-state index contributed by atoms with van der Waals surface area (Å²) in [5.74, 6) is 3.03. The number of ether oxygens (including phenoxy) is 2. The standard InChI is InChI=1S/C15H17N5O3/c1-3-21-11-6-4-5-7-12(11)22-9-15-18-13(19-23-15)8-14-16-10-17-20(14)2/h4-7,10H,3,8-9H2,1-2H3. The van der Waals surface area contributed by atoms with E-state index < -0.39 is 0 Å². The average molecular weight is 315 g/mol. The Labute approximate surface area is 133 Å². The van der Waals surface area contributed by atoms with Crippen LogP contribution in [0.4, 0.5) is 0 Å². The predicted molar refractivity (Wildman–Crippen MR) is 80.1 cm³/mol. The quantitative estimate of drug-likeness (QED) is 0.656. The van der Waals surface area contributed by atoms with E-state index in [4.69, 9.17) is 14.0 Å². The van der Waals surface area contributed by atoms with E-state index in [1.54, 1.807) is 4.68 Å². The first-order chi connectivity index (χ1) is 11.3. The molecule has 3 rings (SSSR count). The molecule has 23 heavy (non-hydrogen) atoms. The number of aromatic nitrogens is 5. The molecule has 0 unspecified atom stereocenters. The summed E-state index contributed by atoms with van der Waals surface area (Å²) < 4.78 is 18.1. The third kappa shape index (κ3) is 3.65. The molecule has 0 radical (unpaired) electrons. The topological polar surface area (TPSA) is 88.1 Å². The number of hydrogen-bond acceptors (Lipinski definition) is 7. The highest BCUT2D eigenvalue weighted by atomic mass is 16.5. The maximum absolute atomic E-state index is 5.69. The Morgan fingerprint density at radius 3 is 2.65 bits per heavy atom. The Balaban J connectivity index is 1.62. The maximum Gasteiger partial charge on any atom is 0.264 e. The average Bonchev–Trinajstić information content (AvgIpc) is 3.17. The molecule has 3 aromatic rings. The lowest BCUT2D eigenvalue weighted by atomic mass is 10.3. The van der Waals surface area contributed by atoms with Crippen molar-refractivity contribution in [3.05, 3.63) is 48.1 Å². The molecule has 0 saturated heterocycles. The highest BCUT2D eigenvalue weighted by molar-refractivity contribution is 5.39. The molecule has 2 heterocycles. The van der Waals surface area contributed by atoms with Crippen LogP contribution in [0.2, 0.25) is 0 Å². The van der Waals surface area contributed by atoms with E-state index in [-0.39, 0.29) is 6.61 Å². The van der Waals surface area contributed by atoms with Crippen molar-refractivity contribution in [3.8, 4) is 11.5 Å². The van der Waals surface area contributed by atoms with Crippen LogP contribution in [-0.4, -0.2) is 31.5 Å². The van der Waals surface area contributed by atoms with Gasteiger partial charge in [0, 0.05) is 7.05 Å². The number of para-hydroxylation sites is 2. The molecular weight excluding hydrogens is 298 g/mol. The first-order valence-corrected chi connectivity index (χ1v) is 7.25. The van der Waals surface area contributed by atoms with Gasteiger partial charge in [-0.3, -0.25) is 4.68 Å². The van der Waals surface area contributed by atoms with Crippen molar-refractivity contribution in [2.45, 2.75) is 20.0 Å². The zero-order valence-corrected chi connectivity index (χ0v) is 13.0. The highest BCUT2D eigenvalue weighted by Crippen LogP contribution is 2.27. The molecule has 0 aliphatic rings. The summed E-state index contributed by atoms with van der Waals surface area (Å²) >= 11 is 0. The van der Waals surface area contributed by atoms with Crippen molar-refractivity contribution in [1.82, 2.24) is 24.9 Å². The van der Waals surface area contributed by atoms with E-state index in [9.17, 15) is 0 Å². The Kier molecular flexibility index (Phi) is 4.51. The van der Waals surface area contributed by atoms with Crippen molar-refractivity contribution in [2.24, 2.45) is 7.05 Å². The number of aryl methyl sites for hydroxylation is 1. The van der Waals surface area contributed by atoms with Crippen LogP contribution < -0.4 is 9.47 Å². The van der Waals surface area contributed by atoms with Crippen LogP contribution in [0.3, 0.4) is 0 Å². The minimum Gasteiger partial charge on any atom is -0.490 e. The van der Waals surface area contributed by atoms with Gasteiger partial charge in [-0.1, -0.05) is 17.3 Å². The molecule has 120 valence electrons. The minimum atomic E-state index is 0.176. The normalized spacial score (nSPS) is 10.7. The lowest BCUT2D eigenvalue weighted by molar-refractivity contribution is 0.228. The summed E-state index contributed by atoms with van der Waals surface area (Å²) in [6.07, 6.45) is 1.94. The molecule has 0 atom stereocenters. The number of hydrogen-bond donors (Lipinski definition) is 0. The van der Waals surface area contributed by atoms with Crippen LogP contribution >= 0.6 is 0 Å². The van der Waals surface area contributed by atoms with Gasteiger partial charge in [-0.05, 0) is 19.1 Å². The van der Waals surface area contributed by atoms with Crippen molar-refractivity contribution in [3.63, 3.8) is 0 Å². The smallest absolute Gasteiger partial charge is 0.264 e. The second-order valence-electron chi connectivity index (χ2n) is 4.75.